The van der Waals surface area contributed by atoms with Crippen molar-refractivity contribution in [3.05, 3.63) is 53.9 Å². The van der Waals surface area contributed by atoms with Gasteiger partial charge in [-0.1, -0.05) is 30.3 Å². The van der Waals surface area contributed by atoms with E-state index in [0.29, 0.717) is 6.54 Å². The third-order valence-electron chi connectivity index (χ3n) is 4.13. The summed E-state index contributed by atoms with van der Waals surface area (Å²) in [5.41, 5.74) is 7.89. The average molecular weight is 273 g/mol. The van der Waals surface area contributed by atoms with Crippen molar-refractivity contribution in [2.24, 2.45) is 12.8 Å². The molecule has 0 fully saturated rings. The molecule has 3 N–H and O–H groups in total. The minimum atomic E-state index is -0.494. The van der Waals surface area contributed by atoms with Crippen LogP contribution in [-0.2, 0) is 18.9 Å². The molecule has 1 aromatic heterocycles. The summed E-state index contributed by atoms with van der Waals surface area (Å²) >= 11 is 0. The van der Waals surface area contributed by atoms with Crippen LogP contribution >= 0.6 is 0 Å². The highest BCUT2D eigenvalue weighted by Gasteiger charge is 2.35. The molecule has 0 bridgehead atoms. The lowest BCUT2D eigenvalue weighted by Crippen LogP contribution is -2.45. The Morgan fingerprint density at radius 3 is 2.55 bits per heavy atom. The molecular formula is C16H23N3O. The molecule has 2 unspecified atom stereocenters. The molecule has 108 valence electrons. The molecule has 2 aromatic rings. The zero-order chi connectivity index (χ0) is 14.6. The molecule has 20 heavy (non-hydrogen) atoms. The Morgan fingerprint density at radius 2 is 2.05 bits per heavy atom. The van der Waals surface area contributed by atoms with Gasteiger partial charge >= 0.3 is 0 Å². The summed E-state index contributed by atoms with van der Waals surface area (Å²) in [6.07, 6.45) is 5.04. The number of hydrogen-bond donors (Lipinski definition) is 2. The first-order chi connectivity index (χ1) is 9.58. The maximum Gasteiger partial charge on any atom is 0.0620 e. The molecule has 0 aliphatic heterocycles. The Labute approximate surface area is 120 Å². The molecule has 0 saturated carbocycles. The molecule has 1 heterocycles. The lowest BCUT2D eigenvalue weighted by atomic mass is 9.72. The predicted octanol–water partition coefficient (Wildman–Crippen LogP) is 1.63. The fourth-order valence-electron chi connectivity index (χ4n) is 2.72. The molecule has 0 aliphatic carbocycles. The first kappa shape index (κ1) is 14.8. The number of aliphatic hydroxyl groups is 1. The highest BCUT2D eigenvalue weighted by atomic mass is 16.3. The number of nitrogens with two attached hydrogens (primary N) is 1. The van der Waals surface area contributed by atoms with Gasteiger partial charge in [0.2, 0.25) is 0 Å². The van der Waals surface area contributed by atoms with Crippen LogP contribution in [0.4, 0.5) is 0 Å². The van der Waals surface area contributed by atoms with Gasteiger partial charge in [0.15, 0.2) is 0 Å². The minimum absolute atomic E-state index is 0.406. The van der Waals surface area contributed by atoms with Crippen molar-refractivity contribution in [1.29, 1.82) is 0 Å². The second-order valence-electron chi connectivity index (χ2n) is 5.42. The Balaban J connectivity index is 2.23. The normalized spacial score (nSPS) is 15.8. The quantitative estimate of drug-likeness (QED) is 0.841. The van der Waals surface area contributed by atoms with E-state index in [2.05, 4.69) is 5.10 Å². The lowest BCUT2D eigenvalue weighted by Gasteiger charge is -2.36. The smallest absolute Gasteiger partial charge is 0.0620 e. The first-order valence-electron chi connectivity index (χ1n) is 6.99. The molecule has 0 aliphatic rings. The number of nitrogens with zero attached hydrogens (tertiary/aromatic N) is 2. The Bertz CT molecular complexity index is 536. The van der Waals surface area contributed by atoms with Crippen LogP contribution in [0.1, 0.15) is 24.5 Å². The summed E-state index contributed by atoms with van der Waals surface area (Å²) in [4.78, 5) is 0. The van der Waals surface area contributed by atoms with Gasteiger partial charge < -0.3 is 10.8 Å². The van der Waals surface area contributed by atoms with Crippen LogP contribution in [0.15, 0.2) is 42.7 Å². The van der Waals surface area contributed by atoms with E-state index in [1.54, 1.807) is 4.68 Å². The highest BCUT2D eigenvalue weighted by Crippen LogP contribution is 2.32. The van der Waals surface area contributed by atoms with Crippen molar-refractivity contribution < 1.29 is 5.11 Å². The summed E-state index contributed by atoms with van der Waals surface area (Å²) in [5, 5.41) is 14.5. The van der Waals surface area contributed by atoms with Gasteiger partial charge in [0.05, 0.1) is 12.3 Å². The molecule has 2 atom stereocenters. The number of benzene rings is 1. The van der Waals surface area contributed by atoms with Crippen molar-refractivity contribution in [2.75, 3.05) is 6.54 Å². The van der Waals surface area contributed by atoms with Crippen molar-refractivity contribution >= 4 is 0 Å². The molecule has 0 saturated heterocycles. The lowest BCUT2D eigenvalue weighted by molar-refractivity contribution is 0.0944. The van der Waals surface area contributed by atoms with Crippen molar-refractivity contribution in [3.63, 3.8) is 0 Å². The summed E-state index contributed by atoms with van der Waals surface area (Å²) in [7, 11) is 1.91. The van der Waals surface area contributed by atoms with E-state index in [-0.39, 0.29) is 0 Å². The Hall–Kier alpha value is -1.65. The van der Waals surface area contributed by atoms with Gasteiger partial charge in [-0.05, 0) is 30.9 Å². The van der Waals surface area contributed by atoms with E-state index in [1.165, 1.54) is 5.56 Å². The summed E-state index contributed by atoms with van der Waals surface area (Å²) in [5.74, 6) is 0. The number of hydrogen-bond acceptors (Lipinski definition) is 3. The van der Waals surface area contributed by atoms with E-state index >= 15 is 0 Å². The topological polar surface area (TPSA) is 64.1 Å². The SMILES string of the molecule is CC(O)C(CN)(CCc1cnn(C)c1)c1ccccc1. The number of aliphatic hydroxyl groups excluding tert-OH is 1. The van der Waals surface area contributed by atoms with Crippen LogP contribution in [0.25, 0.3) is 0 Å². The Kier molecular flexibility index (Phi) is 4.57. The van der Waals surface area contributed by atoms with Crippen LogP contribution in [0, 0.1) is 0 Å². The molecule has 0 amide bonds. The van der Waals surface area contributed by atoms with Crippen molar-refractivity contribution in [3.8, 4) is 0 Å². The van der Waals surface area contributed by atoms with Gasteiger partial charge in [-0.15, -0.1) is 0 Å². The zero-order valence-corrected chi connectivity index (χ0v) is 12.2. The molecule has 4 nitrogen and oxygen atoms in total. The highest BCUT2D eigenvalue weighted by molar-refractivity contribution is 5.28. The standard InChI is InChI=1S/C16H23N3O/c1-13(20)16(12-17,15-6-4-3-5-7-15)9-8-14-10-18-19(2)11-14/h3-7,10-11,13,20H,8-9,12,17H2,1-2H3. The van der Waals surface area contributed by atoms with Crippen LogP contribution < -0.4 is 5.73 Å². The molecule has 1 aromatic carbocycles. The second kappa shape index (κ2) is 6.20. The predicted molar refractivity (Wildman–Crippen MR) is 80.4 cm³/mol. The number of aromatic nitrogens is 2. The van der Waals surface area contributed by atoms with Gasteiger partial charge in [0.1, 0.15) is 0 Å². The Morgan fingerprint density at radius 1 is 1.35 bits per heavy atom. The maximum atomic E-state index is 10.3. The number of rotatable bonds is 6. The van der Waals surface area contributed by atoms with Crippen molar-refractivity contribution in [1.82, 2.24) is 9.78 Å². The van der Waals surface area contributed by atoms with Crippen LogP contribution in [0.3, 0.4) is 0 Å². The van der Waals surface area contributed by atoms with E-state index < -0.39 is 11.5 Å². The fourth-order valence-corrected chi connectivity index (χ4v) is 2.72. The minimum Gasteiger partial charge on any atom is -0.392 e. The van der Waals surface area contributed by atoms with Crippen LogP contribution in [0.2, 0.25) is 0 Å². The molecular weight excluding hydrogens is 250 g/mol. The molecule has 0 radical (unpaired) electrons. The summed E-state index contributed by atoms with van der Waals surface area (Å²) in [6.45, 7) is 2.25. The van der Waals surface area contributed by atoms with Gasteiger partial charge in [-0.3, -0.25) is 4.68 Å². The monoisotopic (exact) mass is 273 g/mol. The van der Waals surface area contributed by atoms with E-state index in [0.717, 1.165) is 18.4 Å². The first-order valence-corrected chi connectivity index (χ1v) is 6.99. The van der Waals surface area contributed by atoms with Crippen molar-refractivity contribution in [2.45, 2.75) is 31.3 Å². The maximum absolute atomic E-state index is 10.3. The summed E-state index contributed by atoms with van der Waals surface area (Å²) in [6, 6.07) is 10.1. The van der Waals surface area contributed by atoms with Crippen LogP contribution in [-0.4, -0.2) is 27.5 Å². The van der Waals surface area contributed by atoms with E-state index in [1.807, 2.05) is 56.7 Å². The van der Waals surface area contributed by atoms with Gasteiger partial charge in [-0.2, -0.15) is 5.10 Å². The summed E-state index contributed by atoms with van der Waals surface area (Å²) < 4.78 is 1.80. The van der Waals surface area contributed by atoms with E-state index in [4.69, 9.17) is 5.73 Å². The average Bonchev–Trinajstić information content (AvgIpc) is 2.87. The third-order valence-corrected chi connectivity index (χ3v) is 4.13. The molecule has 4 heteroatoms. The van der Waals surface area contributed by atoms with Gasteiger partial charge in [-0.25, -0.2) is 0 Å². The third kappa shape index (κ3) is 2.92. The number of aryl methyl sites for hydroxylation is 2. The largest absolute Gasteiger partial charge is 0.392 e. The molecule has 0 spiro atoms. The van der Waals surface area contributed by atoms with E-state index in [9.17, 15) is 5.11 Å². The zero-order valence-electron chi connectivity index (χ0n) is 12.2. The molecule has 2 rings (SSSR count). The van der Waals surface area contributed by atoms with Gasteiger partial charge in [0.25, 0.3) is 0 Å². The van der Waals surface area contributed by atoms with Crippen LogP contribution in [0.5, 0.6) is 0 Å². The second-order valence-corrected chi connectivity index (χ2v) is 5.42. The van der Waals surface area contributed by atoms with Gasteiger partial charge in [0, 0.05) is 25.2 Å². The fraction of sp³-hybridized carbons (Fsp3) is 0.438.